The summed E-state index contributed by atoms with van der Waals surface area (Å²) in [5.41, 5.74) is 8.38. The van der Waals surface area contributed by atoms with Crippen molar-refractivity contribution in [3.05, 3.63) is 76.4 Å². The fourth-order valence-electron chi connectivity index (χ4n) is 6.25. The summed E-state index contributed by atoms with van der Waals surface area (Å²) in [6, 6.07) is 10.3. The Morgan fingerprint density at radius 3 is 2.43 bits per heavy atom. The zero-order valence-electron chi connectivity index (χ0n) is 22.1. The van der Waals surface area contributed by atoms with Crippen molar-refractivity contribution in [2.75, 3.05) is 0 Å². The number of nitrogens with zero attached hydrogens (tertiary/aromatic N) is 2. The average Bonchev–Trinajstić information content (AvgIpc) is 3.07. The van der Waals surface area contributed by atoms with Gasteiger partial charge in [-0.2, -0.15) is 0 Å². The summed E-state index contributed by atoms with van der Waals surface area (Å²) in [5.74, 6) is 1.39. The van der Waals surface area contributed by atoms with Crippen molar-refractivity contribution in [1.82, 2.24) is 10.1 Å². The maximum absolute atomic E-state index is 11.2. The summed E-state index contributed by atoms with van der Waals surface area (Å²) in [6.07, 6.45) is 17.4. The van der Waals surface area contributed by atoms with E-state index in [4.69, 9.17) is 9.51 Å². The predicted octanol–water partition coefficient (Wildman–Crippen LogP) is 7.73. The van der Waals surface area contributed by atoms with Gasteiger partial charge in [0.2, 0.25) is 0 Å². The van der Waals surface area contributed by atoms with E-state index in [1.807, 2.05) is 32.2 Å². The van der Waals surface area contributed by atoms with E-state index in [0.29, 0.717) is 5.92 Å². The minimum absolute atomic E-state index is 0.0407. The molecular formula is C32H38N2O3. The maximum Gasteiger partial charge on any atom is 0.307 e. The normalized spacial score (nSPS) is 18.5. The Kier molecular flexibility index (Phi) is 7.87. The molecule has 37 heavy (non-hydrogen) atoms. The first kappa shape index (κ1) is 25.4. The number of hydrogen-bond donors (Lipinski definition) is 1. The van der Waals surface area contributed by atoms with Gasteiger partial charge in [0.15, 0.2) is 0 Å². The molecule has 5 nitrogen and oxygen atoms in total. The summed E-state index contributed by atoms with van der Waals surface area (Å²) >= 11 is 0. The molecule has 0 aliphatic heterocycles. The molecule has 2 aliphatic carbocycles. The van der Waals surface area contributed by atoms with Gasteiger partial charge < -0.3 is 9.63 Å². The van der Waals surface area contributed by atoms with Crippen molar-refractivity contribution in [3.63, 3.8) is 0 Å². The summed E-state index contributed by atoms with van der Waals surface area (Å²) in [7, 11) is 0. The van der Waals surface area contributed by atoms with Gasteiger partial charge in [0.1, 0.15) is 5.76 Å². The van der Waals surface area contributed by atoms with Crippen molar-refractivity contribution in [3.8, 4) is 11.1 Å². The number of pyridine rings is 1. The SMILES string of the molecule is Cc1noc(C)c1-c1cnc2c(c1)CCC(CCC1CCCCCC1)C=C2c1ccc(CC(=O)O)cc1. The molecule has 2 aliphatic rings. The summed E-state index contributed by atoms with van der Waals surface area (Å²) in [4.78, 5) is 16.2. The van der Waals surface area contributed by atoms with Crippen molar-refractivity contribution in [1.29, 1.82) is 0 Å². The highest BCUT2D eigenvalue weighted by atomic mass is 16.5. The molecule has 1 saturated carbocycles. The number of hydrogen-bond acceptors (Lipinski definition) is 4. The lowest BCUT2D eigenvalue weighted by molar-refractivity contribution is -0.136. The monoisotopic (exact) mass is 498 g/mol. The van der Waals surface area contributed by atoms with Crippen LogP contribution in [0.1, 0.15) is 91.6 Å². The molecule has 2 heterocycles. The van der Waals surface area contributed by atoms with Gasteiger partial charge in [-0.1, -0.05) is 74.0 Å². The molecule has 1 N–H and O–H groups in total. The lowest BCUT2D eigenvalue weighted by Crippen LogP contribution is -2.04. The minimum atomic E-state index is -0.807. The van der Waals surface area contributed by atoms with E-state index in [1.165, 1.54) is 62.5 Å². The van der Waals surface area contributed by atoms with E-state index in [-0.39, 0.29) is 6.42 Å². The molecule has 1 aromatic carbocycles. The second kappa shape index (κ2) is 11.5. The van der Waals surface area contributed by atoms with Crippen LogP contribution in [-0.2, 0) is 17.6 Å². The second-order valence-corrected chi connectivity index (χ2v) is 11.0. The smallest absolute Gasteiger partial charge is 0.307 e. The Labute approximate surface area is 220 Å². The number of carbonyl (C=O) groups is 1. The number of aromatic nitrogens is 2. The Morgan fingerprint density at radius 1 is 1.00 bits per heavy atom. The highest BCUT2D eigenvalue weighted by Crippen LogP contribution is 2.37. The van der Waals surface area contributed by atoms with Crippen LogP contribution in [0.5, 0.6) is 0 Å². The van der Waals surface area contributed by atoms with Crippen molar-refractivity contribution < 1.29 is 14.4 Å². The molecule has 5 rings (SSSR count). The number of benzene rings is 1. The van der Waals surface area contributed by atoms with Crippen LogP contribution >= 0.6 is 0 Å². The van der Waals surface area contributed by atoms with Crippen LogP contribution in [-0.4, -0.2) is 21.2 Å². The van der Waals surface area contributed by atoms with E-state index in [1.54, 1.807) is 0 Å². The molecule has 2 aromatic heterocycles. The Bertz CT molecular complexity index is 1240. The number of aryl methyl sites for hydroxylation is 3. The standard InChI is InChI=1S/C32H38N2O3/c1-21-31(22(2)37-34-21)28-19-27-16-13-24(10-9-23-7-5-3-4-6-8-23)17-29(32(27)33-20-28)26-14-11-25(12-15-26)18-30(35)36/h11-12,14-15,17,19-20,23-24H,3-10,13,16,18H2,1-2H3,(H,35,36). The van der Waals surface area contributed by atoms with Crippen LogP contribution < -0.4 is 0 Å². The predicted molar refractivity (Wildman–Crippen MR) is 146 cm³/mol. The molecule has 194 valence electrons. The van der Waals surface area contributed by atoms with Crippen LogP contribution in [0.25, 0.3) is 16.7 Å². The Morgan fingerprint density at radius 2 is 1.76 bits per heavy atom. The van der Waals surface area contributed by atoms with Gasteiger partial charge in [0.25, 0.3) is 0 Å². The van der Waals surface area contributed by atoms with Crippen molar-refractivity contribution in [2.24, 2.45) is 11.8 Å². The largest absolute Gasteiger partial charge is 0.481 e. The van der Waals surface area contributed by atoms with Gasteiger partial charge in [-0.25, -0.2) is 0 Å². The van der Waals surface area contributed by atoms with E-state index >= 15 is 0 Å². The summed E-state index contributed by atoms with van der Waals surface area (Å²) in [5, 5.41) is 13.3. The fraction of sp³-hybridized carbons (Fsp3) is 0.469. The highest BCUT2D eigenvalue weighted by Gasteiger charge is 2.23. The van der Waals surface area contributed by atoms with E-state index in [2.05, 4.69) is 29.4 Å². The Hall–Kier alpha value is -3.21. The molecule has 5 heteroatoms. The van der Waals surface area contributed by atoms with Crippen LogP contribution in [0.2, 0.25) is 0 Å². The zero-order valence-corrected chi connectivity index (χ0v) is 22.1. The zero-order chi connectivity index (χ0) is 25.8. The van der Waals surface area contributed by atoms with Gasteiger partial charge in [0, 0.05) is 22.9 Å². The van der Waals surface area contributed by atoms with Gasteiger partial charge in [0.05, 0.1) is 17.8 Å². The molecule has 0 bridgehead atoms. The molecule has 1 atom stereocenters. The number of carboxylic acid groups (broad SMARTS) is 1. The molecule has 3 aromatic rings. The van der Waals surface area contributed by atoms with Gasteiger partial charge in [-0.15, -0.1) is 0 Å². The number of fused-ring (bicyclic) bond motifs is 1. The van der Waals surface area contributed by atoms with Crippen molar-refractivity contribution in [2.45, 2.75) is 84.5 Å². The number of rotatable bonds is 7. The van der Waals surface area contributed by atoms with Crippen LogP contribution in [0, 0.1) is 25.7 Å². The van der Waals surface area contributed by atoms with Crippen molar-refractivity contribution >= 4 is 11.5 Å². The molecule has 1 fully saturated rings. The fourth-order valence-corrected chi connectivity index (χ4v) is 6.25. The summed E-state index contributed by atoms with van der Waals surface area (Å²) in [6.45, 7) is 3.93. The number of carboxylic acids is 1. The topological polar surface area (TPSA) is 76.2 Å². The van der Waals surface area contributed by atoms with E-state index < -0.39 is 5.97 Å². The third kappa shape index (κ3) is 6.03. The van der Waals surface area contributed by atoms with Crippen LogP contribution in [0.3, 0.4) is 0 Å². The minimum Gasteiger partial charge on any atom is -0.481 e. The molecule has 0 amide bonds. The number of aliphatic carboxylic acids is 1. The molecule has 0 saturated heterocycles. The van der Waals surface area contributed by atoms with Gasteiger partial charge >= 0.3 is 5.97 Å². The second-order valence-electron chi connectivity index (χ2n) is 11.0. The van der Waals surface area contributed by atoms with Crippen LogP contribution in [0.4, 0.5) is 0 Å². The van der Waals surface area contributed by atoms with Gasteiger partial charge in [-0.3, -0.25) is 9.78 Å². The third-order valence-corrected chi connectivity index (χ3v) is 8.27. The summed E-state index contributed by atoms with van der Waals surface area (Å²) < 4.78 is 5.43. The lowest BCUT2D eigenvalue weighted by atomic mass is 9.88. The molecule has 0 spiro atoms. The molecule has 0 radical (unpaired) electrons. The number of allylic oxidation sites excluding steroid dienone is 1. The van der Waals surface area contributed by atoms with E-state index in [9.17, 15) is 9.90 Å². The molecule has 1 unspecified atom stereocenters. The van der Waals surface area contributed by atoms with E-state index in [0.717, 1.165) is 58.2 Å². The quantitative estimate of drug-likeness (QED) is 0.337. The average molecular weight is 499 g/mol. The molecular weight excluding hydrogens is 460 g/mol. The first-order chi connectivity index (χ1) is 18.0. The highest BCUT2D eigenvalue weighted by molar-refractivity contribution is 5.82. The maximum atomic E-state index is 11.2. The van der Waals surface area contributed by atoms with Crippen LogP contribution in [0.15, 0.2) is 47.1 Å². The first-order valence-corrected chi connectivity index (χ1v) is 13.9. The lowest BCUT2D eigenvalue weighted by Gasteiger charge is -2.18. The third-order valence-electron chi connectivity index (χ3n) is 8.27. The Balaban J connectivity index is 1.46. The first-order valence-electron chi connectivity index (χ1n) is 13.9. The van der Waals surface area contributed by atoms with Gasteiger partial charge in [-0.05, 0) is 74.1 Å².